The first-order chi connectivity index (χ1) is 8.65. The number of nitrogens with zero attached hydrogens (tertiary/aromatic N) is 3. The van der Waals surface area contributed by atoms with E-state index >= 15 is 0 Å². The summed E-state index contributed by atoms with van der Waals surface area (Å²) < 4.78 is 0. The second kappa shape index (κ2) is 5.20. The van der Waals surface area contributed by atoms with Crippen LogP contribution in [-0.4, -0.2) is 35.0 Å². The number of hydrogen-bond donors (Lipinski definition) is 2. The van der Waals surface area contributed by atoms with Crippen LogP contribution in [0.1, 0.15) is 25.3 Å². The van der Waals surface area contributed by atoms with Gasteiger partial charge in [-0.1, -0.05) is 0 Å². The van der Waals surface area contributed by atoms with Gasteiger partial charge in [-0.2, -0.15) is 0 Å². The minimum atomic E-state index is -0.282. The van der Waals surface area contributed by atoms with Crippen LogP contribution in [0.2, 0.25) is 0 Å². The SMILES string of the molecule is CCNc1ncnc(N2CCCC2C(N)=O)c1C. The number of hydrogen-bond acceptors (Lipinski definition) is 5. The van der Waals surface area contributed by atoms with Gasteiger partial charge in [-0.3, -0.25) is 4.79 Å². The van der Waals surface area contributed by atoms with E-state index in [1.54, 1.807) is 0 Å². The highest BCUT2D eigenvalue weighted by molar-refractivity contribution is 5.84. The fourth-order valence-electron chi connectivity index (χ4n) is 2.39. The van der Waals surface area contributed by atoms with Crippen molar-refractivity contribution in [1.29, 1.82) is 0 Å². The molecular weight excluding hydrogens is 230 g/mol. The van der Waals surface area contributed by atoms with E-state index < -0.39 is 0 Å². The molecule has 0 bridgehead atoms. The Morgan fingerprint density at radius 1 is 1.61 bits per heavy atom. The summed E-state index contributed by atoms with van der Waals surface area (Å²) in [6, 6.07) is -0.243. The van der Waals surface area contributed by atoms with E-state index in [9.17, 15) is 4.79 Å². The molecule has 3 N–H and O–H groups in total. The molecule has 1 atom stereocenters. The zero-order chi connectivity index (χ0) is 13.1. The first kappa shape index (κ1) is 12.6. The molecule has 1 aromatic rings. The molecule has 1 aliphatic rings. The zero-order valence-electron chi connectivity index (χ0n) is 10.8. The first-order valence-corrected chi connectivity index (χ1v) is 6.26. The average molecular weight is 249 g/mol. The predicted octanol–water partition coefficient (Wildman–Crippen LogP) is 0.671. The molecule has 0 radical (unpaired) electrons. The Morgan fingerprint density at radius 2 is 2.39 bits per heavy atom. The molecule has 98 valence electrons. The highest BCUT2D eigenvalue weighted by Gasteiger charge is 2.31. The number of carbonyl (C=O) groups excluding carboxylic acids is 1. The van der Waals surface area contributed by atoms with Crippen LogP contribution in [0.25, 0.3) is 0 Å². The number of amides is 1. The summed E-state index contributed by atoms with van der Waals surface area (Å²) in [6.07, 6.45) is 3.29. The smallest absolute Gasteiger partial charge is 0.240 e. The zero-order valence-corrected chi connectivity index (χ0v) is 10.8. The number of primary amides is 1. The van der Waals surface area contributed by atoms with Crippen molar-refractivity contribution in [3.63, 3.8) is 0 Å². The molecule has 2 rings (SSSR count). The summed E-state index contributed by atoms with van der Waals surface area (Å²) >= 11 is 0. The fraction of sp³-hybridized carbons (Fsp3) is 0.583. The lowest BCUT2D eigenvalue weighted by molar-refractivity contribution is -0.119. The number of rotatable bonds is 4. The van der Waals surface area contributed by atoms with Crippen LogP contribution >= 0.6 is 0 Å². The molecule has 0 aliphatic carbocycles. The lowest BCUT2D eigenvalue weighted by atomic mass is 10.2. The van der Waals surface area contributed by atoms with Crippen LogP contribution in [0.15, 0.2) is 6.33 Å². The highest BCUT2D eigenvalue weighted by Crippen LogP contribution is 2.28. The molecule has 0 saturated carbocycles. The number of aromatic nitrogens is 2. The molecule has 2 heterocycles. The molecule has 1 unspecified atom stereocenters. The molecule has 1 amide bonds. The Bertz CT molecular complexity index is 448. The van der Waals surface area contributed by atoms with Gasteiger partial charge in [0.05, 0.1) is 0 Å². The quantitative estimate of drug-likeness (QED) is 0.819. The fourth-order valence-corrected chi connectivity index (χ4v) is 2.39. The summed E-state index contributed by atoms with van der Waals surface area (Å²) in [4.78, 5) is 21.9. The highest BCUT2D eigenvalue weighted by atomic mass is 16.1. The van der Waals surface area contributed by atoms with Crippen LogP contribution in [0, 0.1) is 6.92 Å². The molecule has 6 heteroatoms. The molecular formula is C12H19N5O. The van der Waals surface area contributed by atoms with Gasteiger partial charge in [0.15, 0.2) is 0 Å². The molecule has 1 saturated heterocycles. The minimum Gasteiger partial charge on any atom is -0.370 e. The largest absolute Gasteiger partial charge is 0.370 e. The monoisotopic (exact) mass is 249 g/mol. The number of carbonyl (C=O) groups is 1. The van der Waals surface area contributed by atoms with Gasteiger partial charge in [0.2, 0.25) is 5.91 Å². The summed E-state index contributed by atoms with van der Waals surface area (Å²) in [5, 5.41) is 3.19. The Balaban J connectivity index is 2.32. The van der Waals surface area contributed by atoms with Gasteiger partial charge in [0.1, 0.15) is 24.0 Å². The van der Waals surface area contributed by atoms with Crippen molar-refractivity contribution in [3.8, 4) is 0 Å². The molecule has 0 spiro atoms. The lowest BCUT2D eigenvalue weighted by Crippen LogP contribution is -2.41. The van der Waals surface area contributed by atoms with E-state index in [1.807, 2.05) is 18.7 Å². The third-order valence-electron chi connectivity index (χ3n) is 3.25. The van der Waals surface area contributed by atoms with Crippen LogP contribution < -0.4 is 16.0 Å². The summed E-state index contributed by atoms with van der Waals surface area (Å²) in [7, 11) is 0. The van der Waals surface area contributed by atoms with Crippen molar-refractivity contribution in [2.45, 2.75) is 32.7 Å². The van der Waals surface area contributed by atoms with Crippen LogP contribution in [-0.2, 0) is 4.79 Å². The van der Waals surface area contributed by atoms with Gasteiger partial charge in [-0.05, 0) is 26.7 Å². The van der Waals surface area contributed by atoms with E-state index in [0.717, 1.165) is 43.1 Å². The van der Waals surface area contributed by atoms with Crippen molar-refractivity contribution in [2.75, 3.05) is 23.3 Å². The second-order valence-corrected chi connectivity index (χ2v) is 4.46. The minimum absolute atomic E-state index is 0.243. The topological polar surface area (TPSA) is 84.1 Å². The average Bonchev–Trinajstić information content (AvgIpc) is 2.81. The van der Waals surface area contributed by atoms with Gasteiger partial charge < -0.3 is 16.0 Å². The third kappa shape index (κ3) is 2.23. The van der Waals surface area contributed by atoms with Crippen molar-refractivity contribution < 1.29 is 4.79 Å². The molecule has 1 fully saturated rings. The van der Waals surface area contributed by atoms with Crippen molar-refractivity contribution in [3.05, 3.63) is 11.9 Å². The standard InChI is InChI=1S/C12H19N5O/c1-3-14-11-8(2)12(16-7-15-11)17-6-4-5-9(17)10(13)18/h7,9H,3-6H2,1-2H3,(H2,13,18)(H,14,15,16). The van der Waals surface area contributed by atoms with Gasteiger partial charge in [0, 0.05) is 18.7 Å². The van der Waals surface area contributed by atoms with Crippen molar-refractivity contribution in [1.82, 2.24) is 9.97 Å². The lowest BCUT2D eigenvalue weighted by Gasteiger charge is -2.25. The number of anilines is 2. The molecule has 0 aromatic carbocycles. The Labute approximate surface area is 107 Å². The maximum absolute atomic E-state index is 11.4. The summed E-state index contributed by atoms with van der Waals surface area (Å²) in [5.74, 6) is 1.34. The van der Waals surface area contributed by atoms with Crippen LogP contribution in [0.3, 0.4) is 0 Å². The van der Waals surface area contributed by atoms with E-state index in [4.69, 9.17) is 5.73 Å². The van der Waals surface area contributed by atoms with E-state index in [2.05, 4.69) is 15.3 Å². The first-order valence-electron chi connectivity index (χ1n) is 6.26. The van der Waals surface area contributed by atoms with Crippen LogP contribution in [0.5, 0.6) is 0 Å². The van der Waals surface area contributed by atoms with Gasteiger partial charge in [-0.15, -0.1) is 0 Å². The normalized spacial score (nSPS) is 19.0. The Kier molecular flexibility index (Phi) is 3.64. The Morgan fingerprint density at radius 3 is 3.06 bits per heavy atom. The van der Waals surface area contributed by atoms with E-state index in [0.29, 0.717) is 0 Å². The molecule has 6 nitrogen and oxygen atoms in total. The second-order valence-electron chi connectivity index (χ2n) is 4.46. The Hall–Kier alpha value is -1.85. The number of nitrogens with one attached hydrogen (secondary N) is 1. The summed E-state index contributed by atoms with van der Waals surface area (Å²) in [5.41, 5.74) is 6.40. The van der Waals surface area contributed by atoms with Crippen molar-refractivity contribution >= 4 is 17.5 Å². The van der Waals surface area contributed by atoms with Gasteiger partial charge in [0.25, 0.3) is 0 Å². The van der Waals surface area contributed by atoms with Crippen LogP contribution in [0.4, 0.5) is 11.6 Å². The molecule has 1 aliphatic heterocycles. The van der Waals surface area contributed by atoms with E-state index in [1.165, 1.54) is 6.33 Å². The predicted molar refractivity (Wildman–Crippen MR) is 70.5 cm³/mol. The third-order valence-corrected chi connectivity index (χ3v) is 3.25. The maximum Gasteiger partial charge on any atom is 0.240 e. The maximum atomic E-state index is 11.4. The molecule has 1 aromatic heterocycles. The number of nitrogens with two attached hydrogens (primary N) is 1. The van der Waals surface area contributed by atoms with Crippen molar-refractivity contribution in [2.24, 2.45) is 5.73 Å². The molecule has 18 heavy (non-hydrogen) atoms. The van der Waals surface area contributed by atoms with Gasteiger partial charge in [-0.25, -0.2) is 9.97 Å². The van der Waals surface area contributed by atoms with Gasteiger partial charge >= 0.3 is 0 Å². The van der Waals surface area contributed by atoms with E-state index in [-0.39, 0.29) is 11.9 Å². The summed E-state index contributed by atoms with van der Waals surface area (Å²) in [6.45, 7) is 5.60.